The highest BCUT2D eigenvalue weighted by atomic mass is 32.2. The first-order valence-electron chi connectivity index (χ1n) is 6.94. The molecule has 0 aliphatic heterocycles. The Morgan fingerprint density at radius 3 is 2.57 bits per heavy atom. The van der Waals surface area contributed by atoms with Crippen LogP contribution < -0.4 is 0 Å². The number of rotatable bonds is 3. The quantitative estimate of drug-likeness (QED) is 0.819. The fraction of sp³-hybridized carbons (Fsp3) is 0.571. The van der Waals surface area contributed by atoms with Gasteiger partial charge in [0.15, 0.2) is 0 Å². The lowest BCUT2D eigenvalue weighted by atomic mass is 10.0. The number of benzene rings is 1. The maximum Gasteiger partial charge on any atom is 0.243 e. The predicted octanol–water partition coefficient (Wildman–Crippen LogP) is 1.11. The molecule has 1 aliphatic carbocycles. The number of aliphatic hydroxyl groups is 2. The molecule has 2 rings (SSSR count). The van der Waals surface area contributed by atoms with Gasteiger partial charge in [-0.3, -0.25) is 0 Å². The summed E-state index contributed by atoms with van der Waals surface area (Å²) in [7, 11) is -2.56. The molecule has 3 atom stereocenters. The molecule has 0 radical (unpaired) electrons. The SMILES string of the molecule is CN([C@@H]1CCCC[C@@H](O)[C@@H]1O)S(=O)(=O)c1cccc(F)c1. The maximum absolute atomic E-state index is 13.2. The highest BCUT2D eigenvalue weighted by Crippen LogP contribution is 2.26. The molecule has 5 nitrogen and oxygen atoms in total. The van der Waals surface area contributed by atoms with Crippen molar-refractivity contribution in [3.63, 3.8) is 0 Å². The van der Waals surface area contributed by atoms with Gasteiger partial charge in [0.2, 0.25) is 10.0 Å². The summed E-state index contributed by atoms with van der Waals surface area (Å²) in [5.74, 6) is -0.633. The number of aliphatic hydroxyl groups excluding tert-OH is 2. The molecule has 0 aromatic heterocycles. The van der Waals surface area contributed by atoms with Gasteiger partial charge in [0.25, 0.3) is 0 Å². The third kappa shape index (κ3) is 3.42. The monoisotopic (exact) mass is 317 g/mol. The van der Waals surface area contributed by atoms with Crippen molar-refractivity contribution in [1.29, 1.82) is 0 Å². The van der Waals surface area contributed by atoms with E-state index in [9.17, 15) is 23.0 Å². The van der Waals surface area contributed by atoms with E-state index in [-0.39, 0.29) is 4.90 Å². The Labute approximate surface area is 124 Å². The lowest BCUT2D eigenvalue weighted by Crippen LogP contribution is -2.48. The van der Waals surface area contributed by atoms with Gasteiger partial charge < -0.3 is 10.2 Å². The lowest BCUT2D eigenvalue weighted by Gasteiger charge is -2.31. The Balaban J connectivity index is 2.30. The number of nitrogens with zero attached hydrogens (tertiary/aromatic N) is 1. The molecule has 0 heterocycles. The van der Waals surface area contributed by atoms with Crippen molar-refractivity contribution in [2.75, 3.05) is 7.05 Å². The lowest BCUT2D eigenvalue weighted by molar-refractivity contribution is -0.0148. The van der Waals surface area contributed by atoms with Crippen molar-refractivity contribution in [3.05, 3.63) is 30.1 Å². The molecule has 21 heavy (non-hydrogen) atoms. The van der Waals surface area contributed by atoms with Crippen molar-refractivity contribution in [1.82, 2.24) is 4.31 Å². The Morgan fingerprint density at radius 1 is 1.24 bits per heavy atom. The normalized spacial score (nSPS) is 27.6. The molecule has 0 amide bonds. The Bertz CT molecular complexity index is 592. The molecule has 0 spiro atoms. The van der Waals surface area contributed by atoms with E-state index in [0.717, 1.165) is 23.2 Å². The standard InChI is InChI=1S/C14H20FNO4S/c1-16(12-7-2-3-8-13(17)14(12)18)21(19,20)11-6-4-5-10(15)9-11/h4-6,9,12-14,17-18H,2-3,7-8H2,1H3/t12-,13-,14-/m1/s1. The minimum absolute atomic E-state index is 0.157. The van der Waals surface area contributed by atoms with Gasteiger partial charge in [0.1, 0.15) is 5.82 Å². The second kappa shape index (κ2) is 6.39. The van der Waals surface area contributed by atoms with Crippen molar-refractivity contribution in [2.24, 2.45) is 0 Å². The first-order chi connectivity index (χ1) is 9.84. The third-order valence-corrected chi connectivity index (χ3v) is 5.86. The summed E-state index contributed by atoms with van der Waals surface area (Å²) in [6, 6.07) is 4.05. The third-order valence-electron chi connectivity index (χ3n) is 3.98. The average molecular weight is 317 g/mol. The van der Waals surface area contributed by atoms with Gasteiger partial charge in [-0.15, -0.1) is 0 Å². The van der Waals surface area contributed by atoms with Gasteiger partial charge in [0.05, 0.1) is 23.1 Å². The predicted molar refractivity (Wildman–Crippen MR) is 75.6 cm³/mol. The Hall–Kier alpha value is -1.02. The van der Waals surface area contributed by atoms with Crippen LogP contribution in [0.4, 0.5) is 4.39 Å². The van der Waals surface area contributed by atoms with Crippen LogP contribution in [-0.4, -0.2) is 48.2 Å². The van der Waals surface area contributed by atoms with Gasteiger partial charge in [-0.1, -0.05) is 18.9 Å². The Morgan fingerprint density at radius 2 is 1.90 bits per heavy atom. The molecule has 118 valence electrons. The second-order valence-electron chi connectivity index (χ2n) is 5.39. The first-order valence-corrected chi connectivity index (χ1v) is 8.38. The van der Waals surface area contributed by atoms with E-state index >= 15 is 0 Å². The molecule has 1 aliphatic rings. The van der Waals surface area contributed by atoms with Crippen LogP contribution in [0.5, 0.6) is 0 Å². The summed E-state index contributed by atoms with van der Waals surface area (Å²) in [6.07, 6.45) is 0.294. The minimum atomic E-state index is -3.91. The van der Waals surface area contributed by atoms with Gasteiger partial charge >= 0.3 is 0 Å². The fourth-order valence-corrected chi connectivity index (χ4v) is 4.10. The van der Waals surface area contributed by atoms with Crippen molar-refractivity contribution in [2.45, 2.75) is 48.8 Å². The van der Waals surface area contributed by atoms with Crippen LogP contribution in [0, 0.1) is 5.82 Å². The number of hydrogen-bond donors (Lipinski definition) is 2. The minimum Gasteiger partial charge on any atom is -0.390 e. The van der Waals surface area contributed by atoms with E-state index in [4.69, 9.17) is 0 Å². The Kier molecular flexibility index (Phi) is 4.98. The molecule has 1 aromatic rings. The van der Waals surface area contributed by atoms with E-state index in [1.165, 1.54) is 25.2 Å². The smallest absolute Gasteiger partial charge is 0.243 e. The summed E-state index contributed by atoms with van der Waals surface area (Å²) < 4.78 is 39.3. The molecular weight excluding hydrogens is 297 g/mol. The largest absolute Gasteiger partial charge is 0.390 e. The first kappa shape index (κ1) is 16.4. The van der Waals surface area contributed by atoms with Crippen molar-refractivity contribution < 1.29 is 23.0 Å². The number of sulfonamides is 1. The van der Waals surface area contributed by atoms with Gasteiger partial charge in [-0.2, -0.15) is 4.31 Å². The van der Waals surface area contributed by atoms with Crippen molar-refractivity contribution in [3.8, 4) is 0 Å². The fourth-order valence-electron chi connectivity index (χ4n) is 2.67. The summed E-state index contributed by atoms with van der Waals surface area (Å²) in [6.45, 7) is 0. The number of halogens is 1. The summed E-state index contributed by atoms with van der Waals surface area (Å²) in [5, 5.41) is 19.9. The van der Waals surface area contributed by atoms with Crippen LogP contribution in [0.25, 0.3) is 0 Å². The van der Waals surface area contributed by atoms with Gasteiger partial charge in [0, 0.05) is 7.05 Å². The molecular formula is C14H20FNO4S. The number of hydrogen-bond acceptors (Lipinski definition) is 4. The van der Waals surface area contributed by atoms with E-state index in [1.54, 1.807) is 0 Å². The van der Waals surface area contributed by atoms with Crippen LogP contribution in [0.2, 0.25) is 0 Å². The molecule has 0 unspecified atom stereocenters. The van der Waals surface area contributed by atoms with E-state index in [0.29, 0.717) is 12.8 Å². The zero-order valence-electron chi connectivity index (χ0n) is 11.8. The average Bonchev–Trinajstić information content (AvgIpc) is 2.61. The molecule has 1 fully saturated rings. The summed E-state index contributed by atoms with van der Waals surface area (Å²) in [5.41, 5.74) is 0. The zero-order chi connectivity index (χ0) is 15.6. The zero-order valence-corrected chi connectivity index (χ0v) is 12.6. The van der Waals surface area contributed by atoms with Crippen LogP contribution in [0.15, 0.2) is 29.2 Å². The molecule has 0 saturated heterocycles. The molecule has 7 heteroatoms. The maximum atomic E-state index is 13.2. The molecule has 0 bridgehead atoms. The highest BCUT2D eigenvalue weighted by Gasteiger charge is 2.37. The van der Waals surface area contributed by atoms with Gasteiger partial charge in [-0.25, -0.2) is 12.8 Å². The molecule has 1 aromatic carbocycles. The number of likely N-dealkylation sites (N-methyl/N-ethyl adjacent to an activating group) is 1. The second-order valence-corrected chi connectivity index (χ2v) is 7.39. The highest BCUT2D eigenvalue weighted by molar-refractivity contribution is 7.89. The molecule has 2 N–H and O–H groups in total. The van der Waals surface area contributed by atoms with Crippen LogP contribution in [0.3, 0.4) is 0 Å². The molecule has 1 saturated carbocycles. The van der Waals surface area contributed by atoms with E-state index in [2.05, 4.69) is 0 Å². The van der Waals surface area contributed by atoms with Gasteiger partial charge in [-0.05, 0) is 31.0 Å². The van der Waals surface area contributed by atoms with Crippen LogP contribution >= 0.6 is 0 Å². The topological polar surface area (TPSA) is 77.8 Å². The van der Waals surface area contributed by atoms with Crippen molar-refractivity contribution >= 4 is 10.0 Å². The van der Waals surface area contributed by atoms with E-state index < -0.39 is 34.1 Å². The van der Waals surface area contributed by atoms with E-state index in [1.807, 2.05) is 0 Å². The summed E-state index contributed by atoms with van der Waals surface area (Å²) in [4.78, 5) is -0.157. The van der Waals surface area contributed by atoms with Crippen LogP contribution in [-0.2, 0) is 10.0 Å². The van der Waals surface area contributed by atoms with Crippen LogP contribution in [0.1, 0.15) is 25.7 Å². The summed E-state index contributed by atoms with van der Waals surface area (Å²) >= 11 is 0.